The van der Waals surface area contributed by atoms with E-state index in [-0.39, 0.29) is 5.91 Å². The van der Waals surface area contributed by atoms with E-state index < -0.39 is 6.10 Å². The number of carbonyl (C=O) groups is 1. The molecule has 0 radical (unpaired) electrons. The summed E-state index contributed by atoms with van der Waals surface area (Å²) in [5.74, 6) is 1.16. The van der Waals surface area contributed by atoms with E-state index in [1.807, 2.05) is 48.5 Å². The van der Waals surface area contributed by atoms with Crippen LogP contribution in [0.5, 0.6) is 11.5 Å². The Morgan fingerprint density at radius 3 is 2.45 bits per heavy atom. The maximum Gasteiger partial charge on any atom is 0.289 e. The third kappa shape index (κ3) is 5.79. The molecule has 1 aromatic heterocycles. The topological polar surface area (TPSA) is 66.2 Å². The van der Waals surface area contributed by atoms with E-state index in [2.05, 4.69) is 17.2 Å². The van der Waals surface area contributed by atoms with Crippen LogP contribution in [0.1, 0.15) is 57.2 Å². The van der Waals surface area contributed by atoms with Gasteiger partial charge in [0.15, 0.2) is 6.10 Å². The average molecular weight is 396 g/mol. The van der Waals surface area contributed by atoms with Gasteiger partial charge >= 0.3 is 0 Å². The lowest BCUT2D eigenvalue weighted by Crippen LogP contribution is -2.30. The minimum atomic E-state index is -0.685. The van der Waals surface area contributed by atoms with Crippen LogP contribution in [0, 0.1) is 0 Å². The van der Waals surface area contributed by atoms with Gasteiger partial charge in [-0.25, -0.2) is 0 Å². The molecule has 0 N–H and O–H groups in total. The number of para-hydroxylation sites is 1. The molecule has 0 saturated carbocycles. The first-order chi connectivity index (χ1) is 14.2. The van der Waals surface area contributed by atoms with Gasteiger partial charge < -0.3 is 9.47 Å². The van der Waals surface area contributed by atoms with E-state index in [1.165, 1.54) is 36.8 Å². The van der Waals surface area contributed by atoms with Crippen LogP contribution >= 0.6 is 0 Å². The standard InChI is InChI=1S/C23H29N3O3/c1-3-4-5-6-7-10-17-28-19-13-15-20(16-14-19)29-18(2)23(27)26-22-12-9-8-11-21(22)24-25-26/h8-9,11-16,18H,3-7,10,17H2,1-2H3. The first kappa shape index (κ1) is 20.8. The fourth-order valence-corrected chi connectivity index (χ4v) is 3.15. The van der Waals surface area contributed by atoms with Crippen molar-refractivity contribution in [2.24, 2.45) is 0 Å². The highest BCUT2D eigenvalue weighted by Gasteiger charge is 2.20. The number of ether oxygens (including phenoxy) is 2. The Hall–Kier alpha value is -2.89. The number of rotatable bonds is 11. The van der Waals surface area contributed by atoms with Gasteiger partial charge in [0.05, 0.1) is 12.1 Å². The summed E-state index contributed by atoms with van der Waals surface area (Å²) in [4.78, 5) is 12.7. The second-order valence-electron chi connectivity index (χ2n) is 7.18. The zero-order valence-electron chi connectivity index (χ0n) is 17.2. The van der Waals surface area contributed by atoms with Crippen LogP contribution in [0.3, 0.4) is 0 Å². The first-order valence-electron chi connectivity index (χ1n) is 10.4. The summed E-state index contributed by atoms with van der Waals surface area (Å²) in [5, 5.41) is 7.97. The van der Waals surface area contributed by atoms with Crippen molar-refractivity contribution >= 4 is 16.9 Å². The quantitative estimate of drug-likeness (QED) is 0.413. The zero-order chi connectivity index (χ0) is 20.5. The Balaban J connectivity index is 1.47. The molecule has 0 aliphatic carbocycles. The fourth-order valence-electron chi connectivity index (χ4n) is 3.15. The average Bonchev–Trinajstić information content (AvgIpc) is 3.18. The van der Waals surface area contributed by atoms with Crippen molar-refractivity contribution in [2.75, 3.05) is 6.61 Å². The Kier molecular flexibility index (Phi) is 7.61. The molecular formula is C23H29N3O3. The number of hydrogen-bond acceptors (Lipinski definition) is 5. The van der Waals surface area contributed by atoms with Crippen molar-refractivity contribution in [2.45, 2.75) is 58.5 Å². The van der Waals surface area contributed by atoms with Gasteiger partial charge in [0.2, 0.25) is 0 Å². The molecule has 154 valence electrons. The fraction of sp³-hybridized carbons (Fsp3) is 0.435. The minimum absolute atomic E-state index is 0.262. The third-order valence-electron chi connectivity index (χ3n) is 4.81. The van der Waals surface area contributed by atoms with E-state index >= 15 is 0 Å². The van der Waals surface area contributed by atoms with Crippen molar-refractivity contribution in [3.8, 4) is 11.5 Å². The molecule has 1 unspecified atom stereocenters. The summed E-state index contributed by atoms with van der Waals surface area (Å²) in [5.41, 5.74) is 1.35. The van der Waals surface area contributed by atoms with E-state index in [9.17, 15) is 4.79 Å². The molecule has 0 aliphatic rings. The lowest BCUT2D eigenvalue weighted by Gasteiger charge is -2.14. The first-order valence-corrected chi connectivity index (χ1v) is 10.4. The molecule has 0 bridgehead atoms. The maximum absolute atomic E-state index is 12.7. The van der Waals surface area contributed by atoms with Gasteiger partial charge in [-0.15, -0.1) is 5.10 Å². The molecular weight excluding hydrogens is 366 g/mol. The highest BCUT2D eigenvalue weighted by molar-refractivity contribution is 5.91. The van der Waals surface area contributed by atoms with E-state index in [0.29, 0.717) is 16.8 Å². The number of nitrogens with zero attached hydrogens (tertiary/aromatic N) is 3. The van der Waals surface area contributed by atoms with Gasteiger partial charge in [-0.05, 0) is 49.7 Å². The second kappa shape index (κ2) is 10.6. The van der Waals surface area contributed by atoms with E-state index in [0.717, 1.165) is 18.8 Å². The van der Waals surface area contributed by atoms with Crippen LogP contribution in [0.4, 0.5) is 0 Å². The highest BCUT2D eigenvalue weighted by atomic mass is 16.5. The van der Waals surface area contributed by atoms with Crippen LogP contribution in [0.15, 0.2) is 48.5 Å². The molecule has 0 aliphatic heterocycles. The molecule has 1 heterocycles. The van der Waals surface area contributed by atoms with Gasteiger partial charge in [-0.1, -0.05) is 56.4 Å². The molecule has 29 heavy (non-hydrogen) atoms. The summed E-state index contributed by atoms with van der Waals surface area (Å²) in [6.45, 7) is 4.66. The second-order valence-corrected chi connectivity index (χ2v) is 7.18. The van der Waals surface area contributed by atoms with Gasteiger partial charge in [0, 0.05) is 0 Å². The number of carbonyl (C=O) groups excluding carboxylic acids is 1. The van der Waals surface area contributed by atoms with Gasteiger partial charge in [-0.3, -0.25) is 4.79 Å². The van der Waals surface area contributed by atoms with Crippen LogP contribution < -0.4 is 9.47 Å². The number of benzene rings is 2. The Labute approximate surface area is 171 Å². The summed E-state index contributed by atoms with van der Waals surface area (Å²) in [6.07, 6.45) is 6.76. The molecule has 0 spiro atoms. The van der Waals surface area contributed by atoms with Crippen LogP contribution in [-0.4, -0.2) is 33.6 Å². The summed E-state index contributed by atoms with van der Waals surface area (Å²) < 4.78 is 12.9. The molecule has 1 atom stereocenters. The number of hydrogen-bond donors (Lipinski definition) is 0. The van der Waals surface area contributed by atoms with Crippen molar-refractivity contribution in [1.82, 2.24) is 15.0 Å². The van der Waals surface area contributed by atoms with Crippen molar-refractivity contribution in [3.05, 3.63) is 48.5 Å². The van der Waals surface area contributed by atoms with Gasteiger partial charge in [0.1, 0.15) is 17.0 Å². The highest BCUT2D eigenvalue weighted by Crippen LogP contribution is 2.20. The smallest absolute Gasteiger partial charge is 0.289 e. The molecule has 3 aromatic rings. The van der Waals surface area contributed by atoms with E-state index in [4.69, 9.17) is 9.47 Å². The summed E-state index contributed by atoms with van der Waals surface area (Å²) in [7, 11) is 0. The maximum atomic E-state index is 12.7. The normalized spacial score (nSPS) is 12.1. The number of fused-ring (bicyclic) bond motifs is 1. The van der Waals surface area contributed by atoms with Crippen molar-refractivity contribution in [3.63, 3.8) is 0 Å². The van der Waals surface area contributed by atoms with Gasteiger partial charge in [-0.2, -0.15) is 4.68 Å². The number of unbranched alkanes of at least 4 members (excludes halogenated alkanes) is 5. The zero-order valence-corrected chi connectivity index (χ0v) is 17.2. The Morgan fingerprint density at radius 1 is 0.966 bits per heavy atom. The van der Waals surface area contributed by atoms with Crippen molar-refractivity contribution < 1.29 is 14.3 Å². The lowest BCUT2D eigenvalue weighted by molar-refractivity contribution is 0.0714. The molecule has 0 amide bonds. The molecule has 6 nitrogen and oxygen atoms in total. The monoisotopic (exact) mass is 395 g/mol. The van der Waals surface area contributed by atoms with Crippen LogP contribution in [0.2, 0.25) is 0 Å². The molecule has 0 fully saturated rings. The third-order valence-corrected chi connectivity index (χ3v) is 4.81. The largest absolute Gasteiger partial charge is 0.494 e. The lowest BCUT2D eigenvalue weighted by atomic mass is 10.1. The summed E-state index contributed by atoms with van der Waals surface area (Å²) in [6, 6.07) is 14.7. The Bertz CT molecular complexity index is 905. The van der Waals surface area contributed by atoms with E-state index in [1.54, 1.807) is 6.92 Å². The minimum Gasteiger partial charge on any atom is -0.494 e. The predicted molar refractivity (Wildman–Crippen MR) is 114 cm³/mol. The van der Waals surface area contributed by atoms with Crippen LogP contribution in [-0.2, 0) is 0 Å². The Morgan fingerprint density at radius 2 is 1.66 bits per heavy atom. The van der Waals surface area contributed by atoms with Gasteiger partial charge in [0.25, 0.3) is 5.91 Å². The predicted octanol–water partition coefficient (Wildman–Crippen LogP) is 5.28. The molecule has 0 saturated heterocycles. The molecule has 6 heteroatoms. The summed E-state index contributed by atoms with van der Waals surface area (Å²) >= 11 is 0. The van der Waals surface area contributed by atoms with Crippen LogP contribution in [0.25, 0.3) is 11.0 Å². The van der Waals surface area contributed by atoms with Crippen molar-refractivity contribution in [1.29, 1.82) is 0 Å². The SMILES string of the molecule is CCCCCCCCOc1ccc(OC(C)C(=O)n2nnc3ccccc32)cc1. The molecule has 2 aromatic carbocycles. The number of aromatic nitrogens is 3. The molecule has 3 rings (SSSR count).